The van der Waals surface area contributed by atoms with Crippen molar-refractivity contribution in [1.82, 2.24) is 0 Å². The molecule has 0 bridgehead atoms. The molecule has 0 saturated carbocycles. The zero-order valence-corrected chi connectivity index (χ0v) is 7.72. The summed E-state index contributed by atoms with van der Waals surface area (Å²) in [5, 5.41) is 2.77. The Kier molecular flexibility index (Phi) is 1.76. The molecule has 0 heteroatoms. The van der Waals surface area contributed by atoms with Crippen LogP contribution in [0.4, 0.5) is 0 Å². The molecule has 1 aliphatic rings. The molecule has 0 nitrogen and oxygen atoms in total. The number of hydrogen-bond donors (Lipinski definition) is 0. The largest absolute Gasteiger partial charge is 0.0798 e. The number of hydrogen-bond acceptors (Lipinski definition) is 0. The molecule has 0 amide bonds. The van der Waals surface area contributed by atoms with E-state index in [2.05, 4.69) is 38.1 Å². The monoisotopic (exact) mass is 158 g/mol. The predicted octanol–water partition coefficient (Wildman–Crippen LogP) is 1.39. The van der Waals surface area contributed by atoms with Crippen LogP contribution in [0.5, 0.6) is 0 Å². The van der Waals surface area contributed by atoms with Crippen LogP contribution in [0, 0.1) is 0 Å². The molecule has 0 heterocycles. The van der Waals surface area contributed by atoms with Gasteiger partial charge in [-0.1, -0.05) is 24.3 Å². The first-order valence-electron chi connectivity index (χ1n) is 4.59. The van der Waals surface area contributed by atoms with Gasteiger partial charge in [-0.15, -0.1) is 0 Å². The number of aryl methyl sites for hydroxylation is 2. The van der Waals surface area contributed by atoms with Gasteiger partial charge in [0.15, 0.2) is 0 Å². The summed E-state index contributed by atoms with van der Waals surface area (Å²) in [6, 6.07) is 4.66. The number of rotatable bonds is 0. The van der Waals surface area contributed by atoms with Crippen molar-refractivity contribution < 1.29 is 0 Å². The smallest absolute Gasteiger partial charge is 0.0227 e. The maximum Gasteiger partial charge on any atom is -0.0227 e. The fourth-order valence-electron chi connectivity index (χ4n) is 1.79. The second-order valence-corrected chi connectivity index (χ2v) is 3.33. The van der Waals surface area contributed by atoms with E-state index < -0.39 is 0 Å². The van der Waals surface area contributed by atoms with Crippen LogP contribution in [-0.4, -0.2) is 0 Å². The SMILES string of the molecule is C/C=c1/cc2c(c/c1=C/C)CC2. The summed E-state index contributed by atoms with van der Waals surface area (Å²) in [5.74, 6) is 0. The van der Waals surface area contributed by atoms with E-state index in [0.29, 0.717) is 0 Å². The van der Waals surface area contributed by atoms with Crippen molar-refractivity contribution in [3.63, 3.8) is 0 Å². The lowest BCUT2D eigenvalue weighted by molar-refractivity contribution is 0.834. The van der Waals surface area contributed by atoms with E-state index in [-0.39, 0.29) is 0 Å². The normalized spacial score (nSPS) is 17.5. The van der Waals surface area contributed by atoms with Crippen molar-refractivity contribution in [2.24, 2.45) is 0 Å². The van der Waals surface area contributed by atoms with Gasteiger partial charge in [0.2, 0.25) is 0 Å². The van der Waals surface area contributed by atoms with Crippen LogP contribution in [0.1, 0.15) is 25.0 Å². The van der Waals surface area contributed by atoms with Crippen molar-refractivity contribution in [1.29, 1.82) is 0 Å². The maximum atomic E-state index is 2.33. The summed E-state index contributed by atoms with van der Waals surface area (Å²) in [5.41, 5.74) is 3.10. The second-order valence-electron chi connectivity index (χ2n) is 3.33. The van der Waals surface area contributed by atoms with Gasteiger partial charge in [0.05, 0.1) is 0 Å². The highest BCUT2D eigenvalue weighted by atomic mass is 14.2. The van der Waals surface area contributed by atoms with Crippen molar-refractivity contribution in [3.8, 4) is 0 Å². The zero-order valence-electron chi connectivity index (χ0n) is 7.72. The lowest BCUT2D eigenvalue weighted by atomic mass is 9.87. The first-order chi connectivity index (χ1) is 5.85. The van der Waals surface area contributed by atoms with Gasteiger partial charge in [-0.25, -0.2) is 0 Å². The van der Waals surface area contributed by atoms with Gasteiger partial charge < -0.3 is 0 Å². The Morgan fingerprint density at radius 1 is 0.917 bits per heavy atom. The molecule has 0 radical (unpaired) electrons. The number of benzene rings is 1. The topological polar surface area (TPSA) is 0 Å². The quantitative estimate of drug-likeness (QED) is 0.535. The summed E-state index contributed by atoms with van der Waals surface area (Å²) >= 11 is 0. The molecule has 1 aromatic carbocycles. The molecule has 0 saturated heterocycles. The third-order valence-corrected chi connectivity index (χ3v) is 2.69. The van der Waals surface area contributed by atoms with Crippen LogP contribution < -0.4 is 10.4 Å². The van der Waals surface area contributed by atoms with E-state index in [4.69, 9.17) is 0 Å². The van der Waals surface area contributed by atoms with Crippen molar-refractivity contribution in [2.75, 3.05) is 0 Å². The third kappa shape index (κ3) is 0.989. The molecule has 0 atom stereocenters. The van der Waals surface area contributed by atoms with Gasteiger partial charge in [-0.2, -0.15) is 0 Å². The average molecular weight is 158 g/mol. The summed E-state index contributed by atoms with van der Waals surface area (Å²) in [4.78, 5) is 0. The Labute approximate surface area is 73.2 Å². The molecule has 0 spiro atoms. The van der Waals surface area contributed by atoms with E-state index in [1.54, 1.807) is 11.1 Å². The van der Waals surface area contributed by atoms with Crippen molar-refractivity contribution in [2.45, 2.75) is 26.7 Å². The molecule has 1 aromatic rings. The summed E-state index contributed by atoms with van der Waals surface area (Å²) in [7, 11) is 0. The van der Waals surface area contributed by atoms with Gasteiger partial charge in [-0.3, -0.25) is 0 Å². The molecular weight excluding hydrogens is 144 g/mol. The Morgan fingerprint density at radius 3 is 1.58 bits per heavy atom. The minimum atomic E-state index is 1.28. The molecular formula is C12H14. The molecule has 0 aliphatic heterocycles. The second kappa shape index (κ2) is 2.78. The van der Waals surface area contributed by atoms with Gasteiger partial charge >= 0.3 is 0 Å². The highest BCUT2D eigenvalue weighted by molar-refractivity contribution is 5.41. The van der Waals surface area contributed by atoms with E-state index in [0.717, 1.165) is 0 Å². The minimum absolute atomic E-state index is 1.28. The minimum Gasteiger partial charge on any atom is -0.0798 e. The Hall–Kier alpha value is -1.04. The highest BCUT2D eigenvalue weighted by Gasteiger charge is 2.11. The van der Waals surface area contributed by atoms with E-state index in [1.807, 2.05) is 0 Å². The Balaban J connectivity index is 2.79. The van der Waals surface area contributed by atoms with Gasteiger partial charge in [-0.05, 0) is 48.3 Å². The van der Waals surface area contributed by atoms with Gasteiger partial charge in [0.25, 0.3) is 0 Å². The van der Waals surface area contributed by atoms with Crippen LogP contribution in [0.3, 0.4) is 0 Å². The lowest BCUT2D eigenvalue weighted by Gasteiger charge is -2.18. The third-order valence-electron chi connectivity index (χ3n) is 2.69. The average Bonchev–Trinajstić information content (AvgIpc) is 2.07. The fraction of sp³-hybridized carbons (Fsp3) is 0.333. The van der Waals surface area contributed by atoms with Crippen LogP contribution in [0.2, 0.25) is 0 Å². The fourth-order valence-corrected chi connectivity index (χ4v) is 1.79. The van der Waals surface area contributed by atoms with Crippen LogP contribution >= 0.6 is 0 Å². The van der Waals surface area contributed by atoms with E-state index >= 15 is 0 Å². The first-order valence-corrected chi connectivity index (χ1v) is 4.59. The van der Waals surface area contributed by atoms with Gasteiger partial charge in [0, 0.05) is 0 Å². The molecule has 2 rings (SSSR count). The number of fused-ring (bicyclic) bond motifs is 1. The molecule has 12 heavy (non-hydrogen) atoms. The molecule has 0 N–H and O–H groups in total. The summed E-state index contributed by atoms with van der Waals surface area (Å²) < 4.78 is 0. The Bertz CT molecular complexity index is 369. The van der Waals surface area contributed by atoms with Crippen LogP contribution in [0.15, 0.2) is 12.1 Å². The lowest BCUT2D eigenvalue weighted by Crippen LogP contribution is -2.28. The molecule has 1 aliphatic carbocycles. The molecule has 0 fully saturated rings. The zero-order chi connectivity index (χ0) is 8.55. The van der Waals surface area contributed by atoms with Crippen molar-refractivity contribution in [3.05, 3.63) is 33.7 Å². The van der Waals surface area contributed by atoms with Gasteiger partial charge in [0.1, 0.15) is 0 Å². The Morgan fingerprint density at radius 2 is 1.33 bits per heavy atom. The van der Waals surface area contributed by atoms with Crippen LogP contribution in [0.25, 0.3) is 12.2 Å². The highest BCUT2D eigenvalue weighted by Crippen LogP contribution is 2.18. The predicted molar refractivity (Wildman–Crippen MR) is 53.4 cm³/mol. The maximum absolute atomic E-state index is 2.33. The summed E-state index contributed by atoms with van der Waals surface area (Å²) in [6.07, 6.45) is 6.93. The first kappa shape index (κ1) is 7.60. The van der Waals surface area contributed by atoms with E-state index in [1.165, 1.54) is 23.3 Å². The molecule has 62 valence electrons. The van der Waals surface area contributed by atoms with Crippen LogP contribution in [-0.2, 0) is 12.8 Å². The summed E-state index contributed by atoms with van der Waals surface area (Å²) in [6.45, 7) is 4.21. The molecule has 0 aromatic heterocycles. The van der Waals surface area contributed by atoms with Crippen molar-refractivity contribution >= 4 is 12.2 Å². The standard InChI is InChI=1S/C12H14/c1-3-9-7-11-5-6-12(11)8-10(9)4-2/h3-4,7-8H,5-6H2,1-2H3/b9-3-,10-4-. The molecule has 0 unspecified atom stereocenters. The van der Waals surface area contributed by atoms with E-state index in [9.17, 15) is 0 Å².